The van der Waals surface area contributed by atoms with Crippen LogP contribution in [0.15, 0.2) is 52.6 Å². The summed E-state index contributed by atoms with van der Waals surface area (Å²) in [5.74, 6) is -0.584. The molecule has 6 nitrogen and oxygen atoms in total. The molecule has 0 amide bonds. The van der Waals surface area contributed by atoms with E-state index >= 15 is 0 Å². The normalized spacial score (nSPS) is 11.0. The Morgan fingerprint density at radius 1 is 1.20 bits per heavy atom. The van der Waals surface area contributed by atoms with Crippen LogP contribution in [0.25, 0.3) is 21.0 Å². The summed E-state index contributed by atoms with van der Waals surface area (Å²) in [5, 5.41) is 13.5. The highest BCUT2D eigenvalue weighted by atomic mass is 32.1. The summed E-state index contributed by atoms with van der Waals surface area (Å²) >= 11 is 1.30. The lowest BCUT2D eigenvalue weighted by Crippen LogP contribution is -2.13. The van der Waals surface area contributed by atoms with E-state index in [1.54, 1.807) is 17.5 Å². The first-order chi connectivity index (χ1) is 12.1. The molecule has 2 aromatic heterocycles. The van der Waals surface area contributed by atoms with Crippen molar-refractivity contribution in [3.63, 3.8) is 0 Å². The number of phenols is 1. The zero-order chi connectivity index (χ0) is 17.4. The summed E-state index contributed by atoms with van der Waals surface area (Å²) in [4.78, 5) is 31.0. The highest BCUT2D eigenvalue weighted by molar-refractivity contribution is 7.17. The van der Waals surface area contributed by atoms with Crippen LogP contribution >= 0.6 is 11.3 Å². The number of thiophene rings is 1. The first-order valence-electron chi connectivity index (χ1n) is 7.47. The van der Waals surface area contributed by atoms with E-state index in [0.717, 1.165) is 10.8 Å². The molecule has 0 bridgehead atoms. The maximum absolute atomic E-state index is 12.3. The van der Waals surface area contributed by atoms with Crippen LogP contribution in [0.4, 0.5) is 0 Å². The minimum Gasteiger partial charge on any atom is -0.507 e. The molecule has 0 atom stereocenters. The van der Waals surface area contributed by atoms with Crippen LogP contribution in [-0.2, 0) is 11.3 Å². The summed E-state index contributed by atoms with van der Waals surface area (Å²) in [6.07, 6.45) is 0. The van der Waals surface area contributed by atoms with Gasteiger partial charge in [0.15, 0.2) is 0 Å². The molecule has 25 heavy (non-hydrogen) atoms. The summed E-state index contributed by atoms with van der Waals surface area (Å²) in [5.41, 5.74) is 0.366. The number of rotatable bonds is 3. The average molecular weight is 352 g/mol. The number of H-pyrrole nitrogens is 1. The molecule has 0 radical (unpaired) electrons. The van der Waals surface area contributed by atoms with Crippen molar-refractivity contribution in [2.24, 2.45) is 0 Å². The second-order valence-electron chi connectivity index (χ2n) is 5.44. The molecule has 2 aromatic carbocycles. The number of esters is 1. The molecule has 0 saturated carbocycles. The molecule has 0 aliphatic heterocycles. The zero-order valence-corrected chi connectivity index (χ0v) is 13.7. The Kier molecular flexibility index (Phi) is 3.70. The highest BCUT2D eigenvalue weighted by Gasteiger charge is 2.15. The number of fused-ring (bicyclic) bond motifs is 2. The molecular weight excluding hydrogens is 340 g/mol. The third-order valence-electron chi connectivity index (χ3n) is 3.79. The molecule has 2 N–H and O–H groups in total. The van der Waals surface area contributed by atoms with E-state index in [1.165, 1.54) is 17.4 Å². The molecule has 4 rings (SSSR count). The van der Waals surface area contributed by atoms with E-state index in [1.807, 2.05) is 24.3 Å². The standard InChI is InChI=1S/C18H12N2O4S/c21-14-8-11-4-2-1-3-10(11)7-12(14)18(23)24-9-15-19-13-5-6-25-16(13)17(22)20-15/h1-8,21H,9H2,(H,19,20,22). The van der Waals surface area contributed by atoms with Crippen molar-refractivity contribution in [1.29, 1.82) is 0 Å². The summed E-state index contributed by atoms with van der Waals surface area (Å²) in [6.45, 7) is -0.188. The van der Waals surface area contributed by atoms with E-state index in [0.29, 0.717) is 10.2 Å². The second kappa shape index (κ2) is 6.03. The third-order valence-corrected chi connectivity index (χ3v) is 4.69. The fourth-order valence-electron chi connectivity index (χ4n) is 2.59. The van der Waals surface area contributed by atoms with Crippen LogP contribution in [0, 0.1) is 0 Å². The number of benzene rings is 2. The van der Waals surface area contributed by atoms with Crippen molar-refractivity contribution in [3.05, 3.63) is 69.6 Å². The van der Waals surface area contributed by atoms with Crippen LogP contribution in [0.5, 0.6) is 5.75 Å². The summed E-state index contributed by atoms with van der Waals surface area (Å²) in [7, 11) is 0. The largest absolute Gasteiger partial charge is 0.507 e. The first kappa shape index (κ1) is 15.3. The number of carbonyl (C=O) groups excluding carboxylic acids is 1. The van der Waals surface area contributed by atoms with Crippen molar-refractivity contribution in [2.75, 3.05) is 0 Å². The third kappa shape index (κ3) is 2.85. The molecule has 4 aromatic rings. The Hall–Kier alpha value is -3.19. The van der Waals surface area contributed by atoms with Gasteiger partial charge >= 0.3 is 5.97 Å². The number of aromatic nitrogens is 2. The number of nitrogens with one attached hydrogen (secondary N) is 1. The molecule has 0 aliphatic rings. The number of phenolic OH excluding ortho intramolecular Hbond substituents is 1. The minimum absolute atomic E-state index is 0.0673. The molecular formula is C18H12N2O4S. The van der Waals surface area contributed by atoms with Crippen LogP contribution < -0.4 is 5.56 Å². The Bertz CT molecular complexity index is 1160. The van der Waals surface area contributed by atoms with E-state index in [2.05, 4.69) is 9.97 Å². The van der Waals surface area contributed by atoms with E-state index in [4.69, 9.17) is 4.74 Å². The number of aromatic hydroxyl groups is 1. The topological polar surface area (TPSA) is 92.3 Å². The van der Waals surface area contributed by atoms with Gasteiger partial charge in [0, 0.05) is 0 Å². The Morgan fingerprint density at radius 3 is 2.76 bits per heavy atom. The van der Waals surface area contributed by atoms with Crippen LogP contribution in [-0.4, -0.2) is 21.0 Å². The monoisotopic (exact) mass is 352 g/mol. The number of hydrogen-bond acceptors (Lipinski definition) is 6. The van der Waals surface area contributed by atoms with Crippen molar-refractivity contribution in [2.45, 2.75) is 6.61 Å². The van der Waals surface area contributed by atoms with Gasteiger partial charge in [-0.05, 0) is 34.4 Å². The lowest BCUT2D eigenvalue weighted by Gasteiger charge is -2.08. The van der Waals surface area contributed by atoms with Gasteiger partial charge in [-0.3, -0.25) is 4.79 Å². The fourth-order valence-corrected chi connectivity index (χ4v) is 3.32. The predicted octanol–water partition coefficient (Wildman–Crippen LogP) is 3.20. The zero-order valence-electron chi connectivity index (χ0n) is 12.9. The number of hydrogen-bond donors (Lipinski definition) is 2. The molecule has 0 fully saturated rings. The van der Waals surface area contributed by atoms with Crippen LogP contribution in [0.3, 0.4) is 0 Å². The van der Waals surface area contributed by atoms with E-state index in [-0.39, 0.29) is 29.3 Å². The van der Waals surface area contributed by atoms with Gasteiger partial charge in [0.05, 0.1) is 5.52 Å². The maximum Gasteiger partial charge on any atom is 0.342 e. The lowest BCUT2D eigenvalue weighted by atomic mass is 10.1. The average Bonchev–Trinajstić information content (AvgIpc) is 3.08. The van der Waals surface area contributed by atoms with Gasteiger partial charge in [-0.25, -0.2) is 9.78 Å². The molecule has 124 valence electrons. The van der Waals surface area contributed by atoms with Crippen molar-refractivity contribution in [1.82, 2.24) is 9.97 Å². The molecule has 0 saturated heterocycles. The molecule has 0 spiro atoms. The SMILES string of the molecule is O=C(OCc1nc2ccsc2c(=O)[nH]1)c1cc2ccccc2cc1O. The molecule has 0 unspecified atom stereocenters. The fraction of sp³-hybridized carbons (Fsp3) is 0.0556. The van der Waals surface area contributed by atoms with Gasteiger partial charge in [0.1, 0.15) is 28.4 Å². The van der Waals surface area contributed by atoms with Gasteiger partial charge < -0.3 is 14.8 Å². The van der Waals surface area contributed by atoms with Gasteiger partial charge in [0.2, 0.25) is 0 Å². The Balaban J connectivity index is 1.59. The smallest absolute Gasteiger partial charge is 0.342 e. The van der Waals surface area contributed by atoms with Gasteiger partial charge in [0.25, 0.3) is 5.56 Å². The first-order valence-corrected chi connectivity index (χ1v) is 8.35. The number of aromatic amines is 1. The van der Waals surface area contributed by atoms with E-state index in [9.17, 15) is 14.7 Å². The molecule has 2 heterocycles. The highest BCUT2D eigenvalue weighted by Crippen LogP contribution is 2.25. The quantitative estimate of drug-likeness (QED) is 0.552. The maximum atomic E-state index is 12.3. The van der Waals surface area contributed by atoms with Gasteiger partial charge in [-0.2, -0.15) is 0 Å². The second-order valence-corrected chi connectivity index (χ2v) is 6.36. The van der Waals surface area contributed by atoms with Gasteiger partial charge in [-0.1, -0.05) is 24.3 Å². The molecule has 7 heteroatoms. The Labute approximate surface area is 145 Å². The van der Waals surface area contributed by atoms with Crippen molar-refractivity contribution < 1.29 is 14.6 Å². The number of carbonyl (C=O) groups is 1. The number of nitrogens with zero attached hydrogens (tertiary/aromatic N) is 1. The predicted molar refractivity (Wildman–Crippen MR) is 95.0 cm³/mol. The van der Waals surface area contributed by atoms with Crippen molar-refractivity contribution >= 4 is 38.3 Å². The Morgan fingerprint density at radius 2 is 1.96 bits per heavy atom. The van der Waals surface area contributed by atoms with E-state index < -0.39 is 5.97 Å². The number of ether oxygens (including phenoxy) is 1. The molecule has 0 aliphatic carbocycles. The van der Waals surface area contributed by atoms with Gasteiger partial charge in [-0.15, -0.1) is 11.3 Å². The minimum atomic E-state index is -0.684. The van der Waals surface area contributed by atoms with Crippen LogP contribution in [0.2, 0.25) is 0 Å². The summed E-state index contributed by atoms with van der Waals surface area (Å²) in [6, 6.07) is 12.2. The summed E-state index contributed by atoms with van der Waals surface area (Å²) < 4.78 is 5.73. The lowest BCUT2D eigenvalue weighted by molar-refractivity contribution is 0.0459. The van der Waals surface area contributed by atoms with Crippen LogP contribution in [0.1, 0.15) is 16.2 Å². The van der Waals surface area contributed by atoms with Crippen molar-refractivity contribution in [3.8, 4) is 5.75 Å².